The van der Waals surface area contributed by atoms with Crippen LogP contribution in [0.3, 0.4) is 0 Å². The molecule has 1 heterocycles. The first-order chi connectivity index (χ1) is 11.5. The number of aromatic nitrogens is 1. The number of halogens is 1. The van der Waals surface area contributed by atoms with Crippen LogP contribution in [0.4, 0.5) is 5.13 Å². The van der Waals surface area contributed by atoms with E-state index in [1.165, 1.54) is 20.5 Å². The Hall–Kier alpha value is -1.73. The SMILES string of the molecule is Cc1ccc(CC(=O)Nc2nc(-c3ccc(I)cc3)cs2)c(C)c1. The molecule has 24 heavy (non-hydrogen) atoms. The van der Waals surface area contributed by atoms with Crippen LogP contribution in [-0.4, -0.2) is 10.9 Å². The number of hydrogen-bond donors (Lipinski definition) is 1. The van der Waals surface area contributed by atoms with Crippen molar-refractivity contribution in [3.05, 3.63) is 68.1 Å². The van der Waals surface area contributed by atoms with Crippen molar-refractivity contribution in [2.24, 2.45) is 0 Å². The third-order valence-electron chi connectivity index (χ3n) is 3.74. The van der Waals surface area contributed by atoms with Crippen molar-refractivity contribution < 1.29 is 4.79 Å². The molecule has 0 saturated heterocycles. The predicted molar refractivity (Wildman–Crippen MR) is 109 cm³/mol. The van der Waals surface area contributed by atoms with E-state index >= 15 is 0 Å². The average Bonchev–Trinajstić information content (AvgIpc) is 2.99. The van der Waals surface area contributed by atoms with Gasteiger partial charge in [-0.05, 0) is 59.7 Å². The zero-order valence-electron chi connectivity index (χ0n) is 13.5. The van der Waals surface area contributed by atoms with Gasteiger partial charge in [-0.15, -0.1) is 11.3 Å². The minimum absolute atomic E-state index is 0.0366. The number of amides is 1. The highest BCUT2D eigenvalue weighted by Crippen LogP contribution is 2.25. The van der Waals surface area contributed by atoms with Crippen molar-refractivity contribution in [2.75, 3.05) is 5.32 Å². The average molecular weight is 448 g/mol. The summed E-state index contributed by atoms with van der Waals surface area (Å²) in [6.45, 7) is 4.09. The second-order valence-electron chi connectivity index (χ2n) is 5.70. The topological polar surface area (TPSA) is 42.0 Å². The summed E-state index contributed by atoms with van der Waals surface area (Å²) in [7, 11) is 0. The van der Waals surface area contributed by atoms with Gasteiger partial charge < -0.3 is 5.32 Å². The Bertz CT molecular complexity index is 871. The van der Waals surface area contributed by atoms with Gasteiger partial charge in [0.15, 0.2) is 5.13 Å². The molecule has 0 saturated carbocycles. The van der Waals surface area contributed by atoms with E-state index in [1.54, 1.807) is 0 Å². The lowest BCUT2D eigenvalue weighted by Gasteiger charge is -2.06. The van der Waals surface area contributed by atoms with E-state index in [1.807, 2.05) is 48.7 Å². The van der Waals surface area contributed by atoms with E-state index in [2.05, 4.69) is 45.9 Å². The van der Waals surface area contributed by atoms with Crippen LogP contribution in [0.2, 0.25) is 0 Å². The number of nitrogens with one attached hydrogen (secondary N) is 1. The van der Waals surface area contributed by atoms with Gasteiger partial charge in [0.25, 0.3) is 0 Å². The highest BCUT2D eigenvalue weighted by Gasteiger charge is 2.10. The minimum Gasteiger partial charge on any atom is -0.302 e. The molecule has 5 heteroatoms. The molecule has 0 aliphatic rings. The number of hydrogen-bond acceptors (Lipinski definition) is 3. The molecule has 1 amide bonds. The summed E-state index contributed by atoms with van der Waals surface area (Å²) in [6, 6.07) is 14.3. The van der Waals surface area contributed by atoms with Gasteiger partial charge in [-0.25, -0.2) is 4.98 Å². The quantitative estimate of drug-likeness (QED) is 0.557. The van der Waals surface area contributed by atoms with Gasteiger partial charge in [-0.2, -0.15) is 0 Å². The molecule has 2 aromatic carbocycles. The first-order valence-corrected chi connectivity index (χ1v) is 9.54. The van der Waals surface area contributed by atoms with Gasteiger partial charge in [0.1, 0.15) is 0 Å². The molecule has 122 valence electrons. The molecular formula is C19H17IN2OS. The maximum absolute atomic E-state index is 12.3. The van der Waals surface area contributed by atoms with Crippen molar-refractivity contribution in [2.45, 2.75) is 20.3 Å². The number of carbonyl (C=O) groups excluding carboxylic acids is 1. The molecule has 0 spiro atoms. The number of benzene rings is 2. The molecule has 1 N–H and O–H groups in total. The van der Waals surface area contributed by atoms with E-state index < -0.39 is 0 Å². The third-order valence-corrected chi connectivity index (χ3v) is 5.22. The first-order valence-electron chi connectivity index (χ1n) is 7.59. The normalized spacial score (nSPS) is 10.6. The Balaban J connectivity index is 1.68. The smallest absolute Gasteiger partial charge is 0.230 e. The number of carbonyl (C=O) groups is 1. The number of aryl methyl sites for hydroxylation is 2. The fraction of sp³-hybridized carbons (Fsp3) is 0.158. The lowest BCUT2D eigenvalue weighted by atomic mass is 10.0. The van der Waals surface area contributed by atoms with Crippen LogP contribution in [-0.2, 0) is 11.2 Å². The van der Waals surface area contributed by atoms with E-state index in [-0.39, 0.29) is 5.91 Å². The summed E-state index contributed by atoms with van der Waals surface area (Å²) in [5.74, 6) is -0.0366. The molecule has 3 nitrogen and oxygen atoms in total. The van der Waals surface area contributed by atoms with E-state index in [0.29, 0.717) is 11.6 Å². The molecule has 0 fully saturated rings. The number of anilines is 1. The van der Waals surface area contributed by atoms with E-state index in [9.17, 15) is 4.79 Å². The number of thiazole rings is 1. The van der Waals surface area contributed by atoms with E-state index in [4.69, 9.17) is 0 Å². The van der Waals surface area contributed by atoms with Crippen LogP contribution in [0.15, 0.2) is 47.8 Å². The highest BCUT2D eigenvalue weighted by atomic mass is 127. The van der Waals surface area contributed by atoms with Crippen molar-refractivity contribution in [1.82, 2.24) is 4.98 Å². The van der Waals surface area contributed by atoms with Crippen LogP contribution >= 0.6 is 33.9 Å². The minimum atomic E-state index is -0.0366. The molecule has 0 atom stereocenters. The Morgan fingerprint density at radius 1 is 1.17 bits per heavy atom. The maximum Gasteiger partial charge on any atom is 0.230 e. The molecule has 0 bridgehead atoms. The molecule has 0 radical (unpaired) electrons. The fourth-order valence-electron chi connectivity index (χ4n) is 2.46. The number of rotatable bonds is 4. The van der Waals surface area contributed by atoms with Crippen LogP contribution in [0.5, 0.6) is 0 Å². The summed E-state index contributed by atoms with van der Waals surface area (Å²) >= 11 is 3.73. The second kappa shape index (κ2) is 7.44. The Morgan fingerprint density at radius 3 is 2.62 bits per heavy atom. The van der Waals surface area contributed by atoms with Crippen molar-refractivity contribution >= 4 is 45.0 Å². The molecule has 3 rings (SSSR count). The monoisotopic (exact) mass is 448 g/mol. The van der Waals surface area contributed by atoms with Crippen LogP contribution in [0.1, 0.15) is 16.7 Å². The Morgan fingerprint density at radius 2 is 1.92 bits per heavy atom. The summed E-state index contributed by atoms with van der Waals surface area (Å²) in [6.07, 6.45) is 0.366. The van der Waals surface area contributed by atoms with Gasteiger partial charge in [0.05, 0.1) is 12.1 Å². The molecule has 0 unspecified atom stereocenters. The largest absolute Gasteiger partial charge is 0.302 e. The van der Waals surface area contributed by atoms with Crippen LogP contribution < -0.4 is 5.32 Å². The molecular weight excluding hydrogens is 431 g/mol. The molecule has 3 aromatic rings. The first kappa shape index (κ1) is 17.1. The Kier molecular flexibility index (Phi) is 5.30. The van der Waals surface area contributed by atoms with Gasteiger partial charge in [0, 0.05) is 14.5 Å². The van der Waals surface area contributed by atoms with Crippen molar-refractivity contribution in [3.8, 4) is 11.3 Å². The summed E-state index contributed by atoms with van der Waals surface area (Å²) < 4.78 is 1.19. The Labute approximate surface area is 159 Å². The van der Waals surface area contributed by atoms with Gasteiger partial charge in [-0.3, -0.25) is 4.79 Å². The van der Waals surface area contributed by atoms with Crippen LogP contribution in [0.25, 0.3) is 11.3 Å². The lowest BCUT2D eigenvalue weighted by molar-refractivity contribution is -0.115. The lowest BCUT2D eigenvalue weighted by Crippen LogP contribution is -2.14. The standard InChI is InChI=1S/C19H17IN2OS/c1-12-3-4-15(13(2)9-12)10-18(23)22-19-21-17(11-24-19)14-5-7-16(20)8-6-14/h3-9,11H,10H2,1-2H3,(H,21,22,23). The van der Waals surface area contributed by atoms with Crippen molar-refractivity contribution in [3.63, 3.8) is 0 Å². The maximum atomic E-state index is 12.3. The second-order valence-corrected chi connectivity index (χ2v) is 7.80. The van der Waals surface area contributed by atoms with Gasteiger partial charge >= 0.3 is 0 Å². The highest BCUT2D eigenvalue weighted by molar-refractivity contribution is 14.1. The zero-order chi connectivity index (χ0) is 17.1. The molecule has 0 aliphatic carbocycles. The predicted octanol–water partition coefficient (Wildman–Crippen LogP) is 5.21. The van der Waals surface area contributed by atoms with Crippen LogP contribution in [0, 0.1) is 17.4 Å². The van der Waals surface area contributed by atoms with Gasteiger partial charge in [-0.1, -0.05) is 35.9 Å². The molecule has 0 aliphatic heterocycles. The molecule has 1 aromatic heterocycles. The van der Waals surface area contributed by atoms with E-state index in [0.717, 1.165) is 22.4 Å². The van der Waals surface area contributed by atoms with Crippen molar-refractivity contribution in [1.29, 1.82) is 0 Å². The number of nitrogens with zero attached hydrogens (tertiary/aromatic N) is 1. The third kappa shape index (κ3) is 4.21. The zero-order valence-corrected chi connectivity index (χ0v) is 16.4. The fourth-order valence-corrected chi connectivity index (χ4v) is 3.56. The van der Waals surface area contributed by atoms with Gasteiger partial charge in [0.2, 0.25) is 5.91 Å². The summed E-state index contributed by atoms with van der Waals surface area (Å²) in [5.41, 5.74) is 5.34. The summed E-state index contributed by atoms with van der Waals surface area (Å²) in [5, 5.41) is 5.51. The summed E-state index contributed by atoms with van der Waals surface area (Å²) in [4.78, 5) is 16.8.